The molecule has 0 rings (SSSR count). The number of quaternary nitrogens is 1. The van der Waals surface area contributed by atoms with Gasteiger partial charge in [0, 0.05) is 14.2 Å². The Morgan fingerprint density at radius 2 is 1.45 bits per heavy atom. The van der Waals surface area contributed by atoms with Gasteiger partial charge in [-0.2, -0.15) is 0 Å². The molecule has 0 bridgehead atoms. The fourth-order valence-electron chi connectivity index (χ4n) is 0.693. The Hall–Kier alpha value is 0.610. The molecule has 0 atom stereocenters. The second kappa shape index (κ2) is 6.16. The van der Waals surface area contributed by atoms with Crippen LogP contribution in [0.1, 0.15) is 0 Å². The Morgan fingerprint density at radius 3 is 1.55 bits per heavy atom. The quantitative estimate of drug-likeness (QED) is 0.316. The molecule has 0 aliphatic carbocycles. The zero-order valence-corrected chi connectivity index (χ0v) is 10.1. The minimum Gasteiger partial charge on any atom is -1.00 e. The number of methoxy groups -OCH3 is 2. The number of nitrogens with zero attached hydrogens (tertiary/aromatic N) is 1. The molecule has 0 saturated heterocycles. The highest BCUT2D eigenvalue weighted by atomic mass is 127. The molecular formula is C7H18INO2. The van der Waals surface area contributed by atoms with Crippen molar-refractivity contribution in [1.82, 2.24) is 0 Å². The van der Waals surface area contributed by atoms with Crippen molar-refractivity contribution in [2.75, 3.05) is 41.9 Å². The first-order valence-electron chi connectivity index (χ1n) is 3.35. The standard InChI is InChI=1S/C7H18NO2.HI/c1-8(2,3)6-7(9-4)10-5;/h7H,6H2,1-5H3;1H/q+1;/p-1. The van der Waals surface area contributed by atoms with Crippen LogP contribution in [0.3, 0.4) is 0 Å². The molecule has 0 aromatic carbocycles. The number of rotatable bonds is 4. The first-order valence-corrected chi connectivity index (χ1v) is 3.35. The van der Waals surface area contributed by atoms with E-state index in [4.69, 9.17) is 9.47 Å². The van der Waals surface area contributed by atoms with Gasteiger partial charge in [-0.3, -0.25) is 0 Å². The molecule has 0 unspecified atom stereocenters. The predicted octanol–water partition coefficient (Wildman–Crippen LogP) is -2.68. The molecule has 0 N–H and O–H groups in total. The van der Waals surface area contributed by atoms with Crippen LogP contribution in [-0.2, 0) is 9.47 Å². The lowest BCUT2D eigenvalue weighted by Crippen LogP contribution is -3.00. The highest BCUT2D eigenvalue weighted by molar-refractivity contribution is 4.36. The average Bonchev–Trinajstić information content (AvgIpc) is 1.81. The van der Waals surface area contributed by atoms with Gasteiger partial charge >= 0.3 is 0 Å². The van der Waals surface area contributed by atoms with Gasteiger partial charge in [-0.25, -0.2) is 0 Å². The van der Waals surface area contributed by atoms with Gasteiger partial charge in [-0.1, -0.05) is 0 Å². The number of ether oxygens (including phenoxy) is 2. The molecule has 0 spiro atoms. The lowest BCUT2D eigenvalue weighted by molar-refractivity contribution is -0.876. The lowest BCUT2D eigenvalue weighted by Gasteiger charge is -2.27. The summed E-state index contributed by atoms with van der Waals surface area (Å²) >= 11 is 0. The fourth-order valence-corrected chi connectivity index (χ4v) is 0.693. The highest BCUT2D eigenvalue weighted by Crippen LogP contribution is 1.98. The van der Waals surface area contributed by atoms with Crippen molar-refractivity contribution in [3.63, 3.8) is 0 Å². The molecular weight excluding hydrogens is 257 g/mol. The van der Waals surface area contributed by atoms with Gasteiger partial charge in [0.2, 0.25) is 6.29 Å². The fraction of sp³-hybridized carbons (Fsp3) is 1.00. The van der Waals surface area contributed by atoms with Gasteiger partial charge in [0.05, 0.1) is 21.1 Å². The van der Waals surface area contributed by atoms with Gasteiger partial charge in [-0.15, -0.1) is 0 Å². The van der Waals surface area contributed by atoms with Gasteiger partial charge in [0.15, 0.2) is 0 Å². The van der Waals surface area contributed by atoms with Crippen LogP contribution in [0, 0.1) is 0 Å². The zero-order valence-electron chi connectivity index (χ0n) is 7.93. The van der Waals surface area contributed by atoms with E-state index in [1.54, 1.807) is 14.2 Å². The first-order chi connectivity index (χ1) is 4.49. The van der Waals surface area contributed by atoms with E-state index in [-0.39, 0.29) is 30.3 Å². The van der Waals surface area contributed by atoms with E-state index in [2.05, 4.69) is 21.1 Å². The van der Waals surface area contributed by atoms with Crippen molar-refractivity contribution in [2.45, 2.75) is 6.29 Å². The number of halogens is 1. The summed E-state index contributed by atoms with van der Waals surface area (Å²) in [6, 6.07) is 0. The van der Waals surface area contributed by atoms with Crippen LogP contribution < -0.4 is 24.0 Å². The Kier molecular flexibility index (Phi) is 7.93. The van der Waals surface area contributed by atoms with E-state index >= 15 is 0 Å². The summed E-state index contributed by atoms with van der Waals surface area (Å²) in [6.45, 7) is 0.868. The third kappa shape index (κ3) is 8.52. The normalized spacial score (nSPS) is 11.5. The van der Waals surface area contributed by atoms with Gasteiger partial charge in [-0.05, 0) is 0 Å². The maximum atomic E-state index is 5.04. The van der Waals surface area contributed by atoms with Crippen molar-refractivity contribution in [2.24, 2.45) is 0 Å². The molecule has 0 saturated carbocycles. The molecule has 0 aromatic rings. The van der Waals surface area contributed by atoms with Gasteiger partial charge in [0.1, 0.15) is 6.54 Å². The molecule has 0 radical (unpaired) electrons. The van der Waals surface area contributed by atoms with Crippen LogP contribution in [0.2, 0.25) is 0 Å². The topological polar surface area (TPSA) is 18.5 Å². The number of hydrogen-bond acceptors (Lipinski definition) is 2. The largest absolute Gasteiger partial charge is 1.00 e. The molecule has 0 aliphatic rings. The van der Waals surface area contributed by atoms with Crippen molar-refractivity contribution in [3.05, 3.63) is 0 Å². The summed E-state index contributed by atoms with van der Waals surface area (Å²) in [5, 5.41) is 0. The lowest BCUT2D eigenvalue weighted by atomic mass is 10.5. The highest BCUT2D eigenvalue weighted by Gasteiger charge is 2.15. The first kappa shape index (κ1) is 14.2. The number of hydrogen-bond donors (Lipinski definition) is 0. The Labute approximate surface area is 86.3 Å². The minimum absolute atomic E-state index is 0. The predicted molar refractivity (Wildman–Crippen MR) is 40.7 cm³/mol. The summed E-state index contributed by atoms with van der Waals surface area (Å²) in [4.78, 5) is 0. The smallest absolute Gasteiger partial charge is 0.207 e. The van der Waals surface area contributed by atoms with Crippen molar-refractivity contribution in [3.8, 4) is 0 Å². The Bertz CT molecular complexity index is 88.9. The molecule has 11 heavy (non-hydrogen) atoms. The second-order valence-corrected chi connectivity index (χ2v) is 3.37. The monoisotopic (exact) mass is 275 g/mol. The SMILES string of the molecule is COC(C[N+](C)(C)C)OC.[I-]. The average molecular weight is 275 g/mol. The third-order valence-corrected chi connectivity index (χ3v) is 1.22. The molecule has 0 heterocycles. The minimum atomic E-state index is -0.0833. The van der Waals surface area contributed by atoms with Crippen LogP contribution in [0.5, 0.6) is 0 Å². The van der Waals surface area contributed by atoms with Crippen LogP contribution in [0.25, 0.3) is 0 Å². The van der Waals surface area contributed by atoms with E-state index in [1.807, 2.05) is 0 Å². The van der Waals surface area contributed by atoms with Crippen molar-refractivity contribution in [1.29, 1.82) is 0 Å². The summed E-state index contributed by atoms with van der Waals surface area (Å²) in [5.74, 6) is 0. The van der Waals surface area contributed by atoms with Gasteiger partial charge in [0.25, 0.3) is 0 Å². The van der Waals surface area contributed by atoms with Crippen LogP contribution in [0.15, 0.2) is 0 Å². The van der Waals surface area contributed by atoms with E-state index in [1.165, 1.54) is 0 Å². The maximum Gasteiger partial charge on any atom is 0.207 e. The second-order valence-electron chi connectivity index (χ2n) is 3.37. The van der Waals surface area contributed by atoms with Crippen molar-refractivity contribution >= 4 is 0 Å². The summed E-state index contributed by atoms with van der Waals surface area (Å²) in [6.07, 6.45) is -0.0833. The maximum absolute atomic E-state index is 5.04. The van der Waals surface area contributed by atoms with E-state index in [0.717, 1.165) is 11.0 Å². The molecule has 0 aromatic heterocycles. The Balaban J connectivity index is 0. The summed E-state index contributed by atoms with van der Waals surface area (Å²) in [7, 11) is 9.62. The van der Waals surface area contributed by atoms with Crippen LogP contribution in [0.4, 0.5) is 0 Å². The summed E-state index contributed by atoms with van der Waals surface area (Å²) in [5.41, 5.74) is 0. The molecule has 0 amide bonds. The van der Waals surface area contributed by atoms with Crippen molar-refractivity contribution < 1.29 is 37.9 Å². The zero-order chi connectivity index (χ0) is 8.20. The molecule has 0 aliphatic heterocycles. The van der Waals surface area contributed by atoms with E-state index in [9.17, 15) is 0 Å². The Morgan fingerprint density at radius 1 is 1.09 bits per heavy atom. The molecule has 4 heteroatoms. The number of likely N-dealkylation sites (N-methyl/N-ethyl adjacent to an activating group) is 1. The van der Waals surface area contributed by atoms with Gasteiger partial charge < -0.3 is 37.9 Å². The van der Waals surface area contributed by atoms with E-state index in [0.29, 0.717) is 0 Å². The molecule has 0 fully saturated rings. The molecule has 3 nitrogen and oxygen atoms in total. The van der Waals surface area contributed by atoms with Crippen LogP contribution in [-0.4, -0.2) is 52.7 Å². The van der Waals surface area contributed by atoms with E-state index < -0.39 is 0 Å². The summed E-state index contributed by atoms with van der Waals surface area (Å²) < 4.78 is 10.9. The third-order valence-electron chi connectivity index (χ3n) is 1.22. The van der Waals surface area contributed by atoms with Crippen LogP contribution >= 0.6 is 0 Å². The molecule has 70 valence electrons.